The van der Waals surface area contributed by atoms with E-state index in [2.05, 4.69) is 44.5 Å². The maximum atomic E-state index is 11.3. The fourth-order valence-corrected chi connectivity index (χ4v) is 5.32. The van der Waals surface area contributed by atoms with Crippen molar-refractivity contribution in [2.75, 3.05) is 39.8 Å². The average molecular weight is 534 g/mol. The lowest BCUT2D eigenvalue weighted by Gasteiger charge is -2.38. The van der Waals surface area contributed by atoms with Gasteiger partial charge in [-0.3, -0.25) is 14.7 Å². The predicted octanol–water partition coefficient (Wildman–Crippen LogP) is 3.30. The van der Waals surface area contributed by atoms with E-state index in [1.54, 1.807) is 0 Å². The van der Waals surface area contributed by atoms with Crippen molar-refractivity contribution < 1.29 is 4.79 Å². The van der Waals surface area contributed by atoms with Crippen LogP contribution in [0.2, 0.25) is 0 Å². The third kappa shape index (κ3) is 7.10. The lowest BCUT2D eigenvalue weighted by Crippen LogP contribution is -2.49. The highest BCUT2D eigenvalue weighted by atomic mass is 127. The summed E-state index contributed by atoms with van der Waals surface area (Å²) >= 11 is 1.84. The number of nitrogens with zero attached hydrogens (tertiary/aromatic N) is 3. The topological polar surface area (TPSA) is 74.0 Å². The fourth-order valence-electron chi connectivity index (χ4n) is 4.46. The second-order valence-electron chi connectivity index (χ2n) is 8.30. The Bertz CT molecular complexity index is 646. The van der Waals surface area contributed by atoms with Crippen molar-refractivity contribution >= 4 is 47.2 Å². The van der Waals surface area contributed by atoms with Crippen molar-refractivity contribution in [3.63, 3.8) is 0 Å². The number of piperidine rings is 2. The van der Waals surface area contributed by atoms with Gasteiger partial charge in [0.1, 0.15) is 0 Å². The average Bonchev–Trinajstić information content (AvgIpc) is 3.20. The Labute approximate surface area is 196 Å². The Hall–Kier alpha value is -0.870. The van der Waals surface area contributed by atoms with E-state index < -0.39 is 0 Å². The van der Waals surface area contributed by atoms with Crippen molar-refractivity contribution in [1.82, 2.24) is 15.1 Å². The standard InChI is InChI=1S/C21H35N5OS.HI/c1-16-7-10-25(11-8-16)18(19-6-4-12-28-19)14-24-21(23-2)26-9-3-5-17(15-26)13-20(22)27;/h4,6,12,16-18H,3,5,7-11,13-15H2,1-2H3,(H2,22,27)(H,23,24);1H. The minimum Gasteiger partial charge on any atom is -0.370 e. The fraction of sp³-hybridized carbons (Fsp3) is 0.714. The second kappa shape index (κ2) is 12.1. The maximum absolute atomic E-state index is 11.3. The zero-order chi connectivity index (χ0) is 19.9. The van der Waals surface area contributed by atoms with Crippen molar-refractivity contribution in [2.45, 2.75) is 45.1 Å². The smallest absolute Gasteiger partial charge is 0.217 e. The van der Waals surface area contributed by atoms with E-state index in [-0.39, 0.29) is 29.9 Å². The molecule has 0 saturated carbocycles. The van der Waals surface area contributed by atoms with Crippen LogP contribution >= 0.6 is 35.3 Å². The van der Waals surface area contributed by atoms with Gasteiger partial charge in [0.25, 0.3) is 0 Å². The lowest BCUT2D eigenvalue weighted by atomic mass is 9.95. The molecule has 3 heterocycles. The molecule has 2 atom stereocenters. The summed E-state index contributed by atoms with van der Waals surface area (Å²) in [5.74, 6) is 1.91. The van der Waals surface area contributed by atoms with E-state index in [0.717, 1.165) is 57.4 Å². The minimum absolute atomic E-state index is 0. The van der Waals surface area contributed by atoms with Crippen LogP contribution in [0, 0.1) is 11.8 Å². The van der Waals surface area contributed by atoms with Gasteiger partial charge in [0.2, 0.25) is 5.91 Å². The summed E-state index contributed by atoms with van der Waals surface area (Å²) in [6.45, 7) is 7.38. The van der Waals surface area contributed by atoms with Gasteiger partial charge in [-0.1, -0.05) is 13.0 Å². The Balaban J connectivity index is 0.00000300. The molecule has 164 valence electrons. The molecule has 0 aromatic carbocycles. The van der Waals surface area contributed by atoms with Crippen LogP contribution in [0.25, 0.3) is 0 Å². The van der Waals surface area contributed by atoms with Crippen molar-refractivity contribution in [3.05, 3.63) is 22.4 Å². The first-order valence-corrected chi connectivity index (χ1v) is 11.5. The van der Waals surface area contributed by atoms with Crippen LogP contribution in [0.15, 0.2) is 22.5 Å². The molecule has 0 aliphatic carbocycles. The molecular formula is C21H36IN5OS. The first-order valence-electron chi connectivity index (χ1n) is 10.6. The molecule has 0 spiro atoms. The molecule has 1 amide bonds. The number of likely N-dealkylation sites (tertiary alicyclic amines) is 2. The predicted molar refractivity (Wildman–Crippen MR) is 132 cm³/mol. The number of nitrogens with one attached hydrogen (secondary N) is 1. The maximum Gasteiger partial charge on any atom is 0.217 e. The summed E-state index contributed by atoms with van der Waals surface area (Å²) < 4.78 is 0. The normalized spacial score (nSPS) is 22.8. The van der Waals surface area contributed by atoms with Gasteiger partial charge in [0, 0.05) is 38.0 Å². The number of carbonyl (C=O) groups is 1. The Morgan fingerprint density at radius 3 is 2.72 bits per heavy atom. The number of thiophene rings is 1. The van der Waals surface area contributed by atoms with Gasteiger partial charge in [-0.05, 0) is 62.1 Å². The molecular weight excluding hydrogens is 497 g/mol. The van der Waals surface area contributed by atoms with E-state index in [4.69, 9.17) is 5.73 Å². The van der Waals surface area contributed by atoms with E-state index in [9.17, 15) is 4.79 Å². The monoisotopic (exact) mass is 533 g/mol. The number of amides is 1. The SMILES string of the molecule is CN=C(NCC(c1cccs1)N1CCC(C)CC1)N1CCCC(CC(N)=O)C1.I. The first kappa shape index (κ1) is 24.4. The summed E-state index contributed by atoms with van der Waals surface area (Å²) in [6.07, 6.45) is 5.17. The van der Waals surface area contributed by atoms with Crippen molar-refractivity contribution in [3.8, 4) is 0 Å². The summed E-state index contributed by atoms with van der Waals surface area (Å²) in [5.41, 5.74) is 5.41. The van der Waals surface area contributed by atoms with Crippen LogP contribution in [0.4, 0.5) is 0 Å². The van der Waals surface area contributed by atoms with Gasteiger partial charge in [-0.2, -0.15) is 0 Å². The van der Waals surface area contributed by atoms with Crippen LogP contribution in [0.3, 0.4) is 0 Å². The quantitative estimate of drug-likeness (QED) is 0.335. The van der Waals surface area contributed by atoms with Crippen molar-refractivity contribution in [1.29, 1.82) is 0 Å². The molecule has 0 bridgehead atoms. The number of rotatable bonds is 6. The van der Waals surface area contributed by atoms with E-state index in [0.29, 0.717) is 18.4 Å². The van der Waals surface area contributed by atoms with Gasteiger partial charge in [0.15, 0.2) is 5.96 Å². The number of primary amides is 1. The molecule has 2 saturated heterocycles. The third-order valence-corrected chi connectivity index (χ3v) is 7.08. The summed E-state index contributed by atoms with van der Waals surface area (Å²) in [6, 6.07) is 4.78. The Morgan fingerprint density at radius 1 is 1.34 bits per heavy atom. The molecule has 2 fully saturated rings. The van der Waals surface area contributed by atoms with E-state index in [1.807, 2.05) is 18.4 Å². The third-order valence-electron chi connectivity index (χ3n) is 6.10. The highest BCUT2D eigenvalue weighted by Crippen LogP contribution is 2.29. The number of aliphatic imine (C=N–C) groups is 1. The van der Waals surface area contributed by atoms with Gasteiger partial charge in [-0.25, -0.2) is 0 Å². The number of guanidine groups is 1. The molecule has 8 heteroatoms. The highest BCUT2D eigenvalue weighted by molar-refractivity contribution is 14.0. The molecule has 3 rings (SSSR count). The van der Waals surface area contributed by atoms with Gasteiger partial charge >= 0.3 is 0 Å². The largest absolute Gasteiger partial charge is 0.370 e. The minimum atomic E-state index is -0.202. The van der Waals surface area contributed by atoms with Crippen molar-refractivity contribution in [2.24, 2.45) is 22.6 Å². The highest BCUT2D eigenvalue weighted by Gasteiger charge is 2.27. The van der Waals surface area contributed by atoms with E-state index >= 15 is 0 Å². The number of carbonyl (C=O) groups excluding carboxylic acids is 1. The summed E-state index contributed by atoms with van der Waals surface area (Å²) in [4.78, 5) is 22.2. The summed E-state index contributed by atoms with van der Waals surface area (Å²) in [5, 5.41) is 5.80. The molecule has 0 radical (unpaired) electrons. The molecule has 1 aromatic heterocycles. The Kier molecular flexibility index (Phi) is 10.2. The van der Waals surface area contributed by atoms with Gasteiger partial charge in [-0.15, -0.1) is 35.3 Å². The number of hydrogen-bond donors (Lipinski definition) is 2. The molecule has 6 nitrogen and oxygen atoms in total. The first-order chi connectivity index (χ1) is 13.6. The molecule has 2 unspecified atom stereocenters. The van der Waals surface area contributed by atoms with Crippen LogP contribution in [0.1, 0.15) is 49.9 Å². The second-order valence-corrected chi connectivity index (χ2v) is 9.28. The Morgan fingerprint density at radius 2 is 2.10 bits per heavy atom. The number of halogens is 1. The van der Waals surface area contributed by atoms with E-state index in [1.165, 1.54) is 17.7 Å². The summed E-state index contributed by atoms with van der Waals surface area (Å²) in [7, 11) is 1.85. The van der Waals surface area contributed by atoms with Crippen LogP contribution in [0.5, 0.6) is 0 Å². The zero-order valence-electron chi connectivity index (χ0n) is 17.7. The molecule has 2 aliphatic heterocycles. The lowest BCUT2D eigenvalue weighted by molar-refractivity contribution is -0.119. The molecule has 2 aliphatic rings. The van der Waals surface area contributed by atoms with Gasteiger partial charge in [0.05, 0.1) is 6.04 Å². The molecule has 3 N–H and O–H groups in total. The molecule has 1 aromatic rings. The number of hydrogen-bond acceptors (Lipinski definition) is 4. The van der Waals surface area contributed by atoms with Crippen LogP contribution in [-0.2, 0) is 4.79 Å². The van der Waals surface area contributed by atoms with Gasteiger partial charge < -0.3 is 16.0 Å². The number of nitrogens with two attached hydrogens (primary N) is 1. The van der Waals surface area contributed by atoms with Crippen LogP contribution in [-0.4, -0.2) is 61.4 Å². The molecule has 29 heavy (non-hydrogen) atoms. The zero-order valence-corrected chi connectivity index (χ0v) is 20.8. The van der Waals surface area contributed by atoms with Crippen LogP contribution < -0.4 is 11.1 Å².